The van der Waals surface area contributed by atoms with Crippen LogP contribution >= 0.6 is 0 Å². The van der Waals surface area contributed by atoms with E-state index >= 15 is 0 Å². The number of carbonyl (C=O) groups excluding carboxylic acids is 2. The predicted molar refractivity (Wildman–Crippen MR) is 158 cm³/mol. The summed E-state index contributed by atoms with van der Waals surface area (Å²) in [7, 11) is -4.45. The number of carbonyl (C=O) groups is 2. The third-order valence-electron chi connectivity index (χ3n) is 7.15. The van der Waals surface area contributed by atoms with Crippen molar-refractivity contribution in [3.63, 3.8) is 0 Å². The van der Waals surface area contributed by atoms with Crippen LogP contribution in [0, 0.1) is 0 Å². The zero-order valence-electron chi connectivity index (χ0n) is 23.2. The molecule has 7 nitrogen and oxygen atoms in total. The Kier molecular flexibility index (Phi) is 8.27. The Hall–Kier alpha value is -4.64. The smallest absolute Gasteiger partial charge is 0.311 e. The minimum atomic E-state index is -4.67. The van der Waals surface area contributed by atoms with Crippen LogP contribution in [0.15, 0.2) is 108 Å². The van der Waals surface area contributed by atoms with Crippen molar-refractivity contribution in [1.82, 2.24) is 0 Å². The molecule has 1 heterocycles. The number of hydrogen-bond acceptors (Lipinski definition) is 4. The Morgan fingerprint density at radius 2 is 1.42 bits per heavy atom. The van der Waals surface area contributed by atoms with Gasteiger partial charge in [0.1, 0.15) is 0 Å². The number of sulfonamides is 1. The van der Waals surface area contributed by atoms with Crippen LogP contribution in [0.25, 0.3) is 0 Å². The van der Waals surface area contributed by atoms with Crippen LogP contribution in [-0.4, -0.2) is 33.3 Å². The molecule has 2 amide bonds. The maximum Gasteiger partial charge on any atom is 0.416 e. The third kappa shape index (κ3) is 6.26. The van der Waals surface area contributed by atoms with E-state index in [1.807, 2.05) is 0 Å². The van der Waals surface area contributed by atoms with E-state index < -0.39 is 27.7 Å². The van der Waals surface area contributed by atoms with E-state index in [1.165, 1.54) is 42.2 Å². The summed E-state index contributed by atoms with van der Waals surface area (Å²) in [5.41, 5.74) is 0.580. The van der Waals surface area contributed by atoms with Gasteiger partial charge in [0.05, 0.1) is 34.1 Å². The van der Waals surface area contributed by atoms with Gasteiger partial charge >= 0.3 is 6.18 Å². The molecule has 0 fully saturated rings. The first-order valence-corrected chi connectivity index (χ1v) is 14.9. The average Bonchev–Trinajstić information content (AvgIpc) is 3.20. The van der Waals surface area contributed by atoms with Crippen molar-refractivity contribution in [2.45, 2.75) is 31.0 Å². The zero-order valence-corrected chi connectivity index (χ0v) is 24.0. The standard InChI is InChI=1S/C32H28F3N3O4S/c1-23(39)36-18-9-19-37(30-17-6-5-16-29(30)36)31(40)25-12-7-15-28(20-25)43(41,42)38(22-24-10-3-2-4-11-24)27-14-8-13-26(21-27)32(33,34)35/h2-8,10-17,20-21H,9,18-19,22H2,1H3. The van der Waals surface area contributed by atoms with Gasteiger partial charge in [-0.25, -0.2) is 8.42 Å². The summed E-state index contributed by atoms with van der Waals surface area (Å²) in [6.45, 7) is 1.92. The van der Waals surface area contributed by atoms with Gasteiger partial charge in [0.2, 0.25) is 5.91 Å². The number of anilines is 3. The summed E-state index contributed by atoms with van der Waals surface area (Å²) >= 11 is 0. The Balaban J connectivity index is 1.55. The van der Waals surface area contributed by atoms with Crippen LogP contribution in [0.3, 0.4) is 0 Å². The topological polar surface area (TPSA) is 78.0 Å². The first kappa shape index (κ1) is 29.8. The molecule has 43 heavy (non-hydrogen) atoms. The summed E-state index contributed by atoms with van der Waals surface area (Å²) < 4.78 is 69.8. The highest BCUT2D eigenvalue weighted by molar-refractivity contribution is 7.92. The number of para-hydroxylation sites is 2. The lowest BCUT2D eigenvalue weighted by Crippen LogP contribution is -2.33. The molecule has 0 radical (unpaired) electrons. The predicted octanol–water partition coefficient (Wildman–Crippen LogP) is 6.50. The van der Waals surface area contributed by atoms with Crippen LogP contribution in [0.1, 0.15) is 34.8 Å². The molecular weight excluding hydrogens is 579 g/mol. The molecule has 1 aliphatic rings. The fourth-order valence-electron chi connectivity index (χ4n) is 5.06. The number of fused-ring (bicyclic) bond motifs is 1. The first-order chi connectivity index (χ1) is 20.5. The summed E-state index contributed by atoms with van der Waals surface area (Å²) in [5, 5.41) is 0. The average molecular weight is 608 g/mol. The van der Waals surface area contributed by atoms with Gasteiger partial charge in [0.25, 0.3) is 15.9 Å². The lowest BCUT2D eigenvalue weighted by Gasteiger charge is -2.26. The van der Waals surface area contributed by atoms with Gasteiger partial charge in [-0.2, -0.15) is 13.2 Å². The molecule has 0 saturated carbocycles. The van der Waals surface area contributed by atoms with Crippen LogP contribution in [-0.2, 0) is 27.5 Å². The molecule has 4 aromatic carbocycles. The van der Waals surface area contributed by atoms with E-state index in [4.69, 9.17) is 0 Å². The van der Waals surface area contributed by atoms with Crippen molar-refractivity contribution in [2.75, 3.05) is 27.2 Å². The number of hydrogen-bond donors (Lipinski definition) is 0. The highest BCUT2D eigenvalue weighted by Gasteiger charge is 2.33. The van der Waals surface area contributed by atoms with Crippen LogP contribution in [0.4, 0.5) is 30.2 Å². The quantitative estimate of drug-likeness (QED) is 0.251. The minimum Gasteiger partial charge on any atom is -0.311 e. The summed E-state index contributed by atoms with van der Waals surface area (Å²) in [4.78, 5) is 29.0. The monoisotopic (exact) mass is 607 g/mol. The van der Waals surface area contributed by atoms with Crippen molar-refractivity contribution in [2.24, 2.45) is 0 Å². The van der Waals surface area contributed by atoms with Crippen molar-refractivity contribution >= 4 is 38.9 Å². The molecule has 0 spiro atoms. The van der Waals surface area contributed by atoms with Gasteiger partial charge < -0.3 is 9.80 Å². The molecular formula is C32H28F3N3O4S. The van der Waals surface area contributed by atoms with Gasteiger partial charge in [0.15, 0.2) is 0 Å². The number of nitrogens with zero attached hydrogens (tertiary/aromatic N) is 3. The Morgan fingerprint density at radius 1 is 0.791 bits per heavy atom. The second-order valence-electron chi connectivity index (χ2n) is 10.0. The number of benzene rings is 4. The molecule has 0 saturated heterocycles. The van der Waals surface area contributed by atoms with Crippen LogP contribution < -0.4 is 14.1 Å². The van der Waals surface area contributed by atoms with E-state index in [-0.39, 0.29) is 28.6 Å². The lowest BCUT2D eigenvalue weighted by atomic mass is 10.1. The maximum absolute atomic E-state index is 14.1. The van der Waals surface area contributed by atoms with Crippen molar-refractivity contribution in [3.05, 3.63) is 120 Å². The van der Waals surface area contributed by atoms with Crippen molar-refractivity contribution in [1.29, 1.82) is 0 Å². The third-order valence-corrected chi connectivity index (χ3v) is 8.92. The number of alkyl halides is 3. The van der Waals surface area contributed by atoms with E-state index in [0.717, 1.165) is 22.5 Å². The highest BCUT2D eigenvalue weighted by atomic mass is 32.2. The first-order valence-electron chi connectivity index (χ1n) is 13.5. The Bertz CT molecular complexity index is 1760. The molecule has 222 valence electrons. The normalized spacial score (nSPS) is 13.7. The molecule has 11 heteroatoms. The van der Waals surface area contributed by atoms with Gasteiger partial charge in [-0.15, -0.1) is 0 Å². The summed E-state index contributed by atoms with van der Waals surface area (Å²) in [5.74, 6) is -0.633. The second-order valence-corrected chi connectivity index (χ2v) is 11.9. The number of halogens is 3. The molecule has 0 atom stereocenters. The van der Waals surface area contributed by atoms with Gasteiger partial charge in [-0.1, -0.05) is 54.6 Å². The fraction of sp³-hybridized carbons (Fsp3) is 0.188. The highest BCUT2D eigenvalue weighted by Crippen LogP contribution is 2.36. The maximum atomic E-state index is 14.1. The molecule has 0 N–H and O–H groups in total. The summed E-state index contributed by atoms with van der Waals surface area (Å²) in [6.07, 6.45) is -4.18. The largest absolute Gasteiger partial charge is 0.416 e. The number of amides is 2. The number of rotatable bonds is 6. The lowest BCUT2D eigenvalue weighted by molar-refractivity contribution is -0.137. The summed E-state index contributed by atoms with van der Waals surface area (Å²) in [6, 6.07) is 25.1. The Morgan fingerprint density at radius 3 is 2.09 bits per heavy atom. The zero-order chi connectivity index (χ0) is 30.8. The van der Waals surface area contributed by atoms with Crippen LogP contribution in [0.2, 0.25) is 0 Å². The fourth-order valence-corrected chi connectivity index (χ4v) is 6.55. The molecule has 0 bridgehead atoms. The van der Waals surface area contributed by atoms with E-state index in [0.29, 0.717) is 36.4 Å². The van der Waals surface area contributed by atoms with Gasteiger partial charge in [-0.3, -0.25) is 13.9 Å². The minimum absolute atomic E-state index is 0.0795. The van der Waals surface area contributed by atoms with Gasteiger partial charge in [0, 0.05) is 25.6 Å². The molecule has 5 rings (SSSR count). The molecule has 0 aliphatic carbocycles. The van der Waals surface area contributed by atoms with E-state index in [9.17, 15) is 31.2 Å². The van der Waals surface area contributed by atoms with Crippen molar-refractivity contribution < 1.29 is 31.2 Å². The molecule has 0 aromatic heterocycles. The Labute approximate surface area is 247 Å². The molecule has 4 aromatic rings. The van der Waals surface area contributed by atoms with Crippen molar-refractivity contribution in [3.8, 4) is 0 Å². The van der Waals surface area contributed by atoms with E-state index in [1.54, 1.807) is 59.5 Å². The molecule has 1 aliphatic heterocycles. The van der Waals surface area contributed by atoms with Gasteiger partial charge in [-0.05, 0) is 60.5 Å². The second kappa shape index (κ2) is 11.9. The van der Waals surface area contributed by atoms with E-state index in [2.05, 4.69) is 0 Å². The molecule has 0 unspecified atom stereocenters. The SMILES string of the molecule is CC(=O)N1CCCN(C(=O)c2cccc(S(=O)(=O)N(Cc3ccccc3)c3cccc(C(F)(F)F)c3)c2)c2ccccc21. The van der Waals surface area contributed by atoms with Crippen LogP contribution in [0.5, 0.6) is 0 Å².